The third-order valence-electron chi connectivity index (χ3n) is 3.84. The van der Waals surface area contributed by atoms with E-state index in [1.165, 1.54) is 0 Å². The van der Waals surface area contributed by atoms with Crippen molar-refractivity contribution >= 4 is 23.1 Å². The summed E-state index contributed by atoms with van der Waals surface area (Å²) >= 11 is 6.10. The Morgan fingerprint density at radius 1 is 1.14 bits per heavy atom. The Morgan fingerprint density at radius 2 is 2.00 bits per heavy atom. The van der Waals surface area contributed by atoms with Crippen molar-refractivity contribution in [2.45, 2.75) is 0 Å². The van der Waals surface area contributed by atoms with E-state index in [2.05, 4.69) is 19.3 Å². The first-order chi connectivity index (χ1) is 10.8. The van der Waals surface area contributed by atoms with E-state index in [1.54, 1.807) is 0 Å². The number of fused-ring (bicyclic) bond motifs is 1. The Balaban J connectivity index is 1.83. The van der Waals surface area contributed by atoms with E-state index in [-0.39, 0.29) is 0 Å². The monoisotopic (exact) mass is 314 g/mol. The molecule has 2 aromatic heterocycles. The van der Waals surface area contributed by atoms with Crippen LogP contribution < -0.4 is 4.90 Å². The van der Waals surface area contributed by atoms with Gasteiger partial charge in [0.2, 0.25) is 0 Å². The highest BCUT2D eigenvalue weighted by atomic mass is 35.5. The van der Waals surface area contributed by atoms with E-state index < -0.39 is 0 Å². The summed E-state index contributed by atoms with van der Waals surface area (Å²) in [6.45, 7) is 3.13. The van der Waals surface area contributed by atoms with E-state index >= 15 is 0 Å². The van der Waals surface area contributed by atoms with Gasteiger partial charge in [0.05, 0.1) is 25.1 Å². The van der Waals surface area contributed by atoms with E-state index in [4.69, 9.17) is 16.3 Å². The summed E-state index contributed by atoms with van der Waals surface area (Å²) in [6.07, 6.45) is 5.61. The predicted molar refractivity (Wildman–Crippen MR) is 86.5 cm³/mol. The van der Waals surface area contributed by atoms with Gasteiger partial charge in [-0.2, -0.15) is 0 Å². The molecule has 1 aromatic carbocycles. The van der Waals surface area contributed by atoms with Gasteiger partial charge in [0.15, 0.2) is 11.5 Å². The van der Waals surface area contributed by atoms with Crippen LogP contribution in [0, 0.1) is 0 Å². The van der Waals surface area contributed by atoms with Crippen LogP contribution in [-0.2, 0) is 4.74 Å². The largest absolute Gasteiger partial charge is 0.378 e. The van der Waals surface area contributed by atoms with Gasteiger partial charge in [-0.1, -0.05) is 23.7 Å². The first-order valence-electron chi connectivity index (χ1n) is 7.23. The van der Waals surface area contributed by atoms with Crippen LogP contribution in [0.15, 0.2) is 42.9 Å². The number of benzene rings is 1. The Labute approximate surface area is 133 Å². The maximum Gasteiger partial charge on any atom is 0.180 e. The van der Waals surface area contributed by atoms with Crippen LogP contribution in [0.5, 0.6) is 0 Å². The molecule has 1 aliphatic heterocycles. The maximum absolute atomic E-state index is 6.10. The minimum absolute atomic E-state index is 0.718. The molecule has 4 rings (SSSR count). The quantitative estimate of drug-likeness (QED) is 0.729. The van der Waals surface area contributed by atoms with E-state index in [0.29, 0.717) is 0 Å². The highest BCUT2D eigenvalue weighted by molar-refractivity contribution is 6.30. The van der Waals surface area contributed by atoms with Gasteiger partial charge in [0.1, 0.15) is 0 Å². The van der Waals surface area contributed by atoms with E-state index in [1.807, 2.05) is 42.9 Å². The molecule has 22 heavy (non-hydrogen) atoms. The molecule has 0 amide bonds. The number of hydrogen-bond acceptors (Lipinski definition) is 4. The number of imidazole rings is 1. The number of rotatable bonds is 2. The summed E-state index contributed by atoms with van der Waals surface area (Å²) in [5, 5.41) is 0.718. The second kappa shape index (κ2) is 5.59. The summed E-state index contributed by atoms with van der Waals surface area (Å²) in [5.41, 5.74) is 2.91. The summed E-state index contributed by atoms with van der Waals surface area (Å²) in [7, 11) is 0. The Bertz CT molecular complexity index is 811. The predicted octanol–water partition coefficient (Wildman–Crippen LogP) is 2.89. The van der Waals surface area contributed by atoms with Crippen LogP contribution in [0.25, 0.3) is 16.9 Å². The molecule has 0 bridgehead atoms. The number of halogens is 1. The van der Waals surface area contributed by atoms with Crippen molar-refractivity contribution in [2.24, 2.45) is 0 Å². The summed E-state index contributed by atoms with van der Waals surface area (Å²) in [4.78, 5) is 11.3. The molecule has 0 unspecified atom stereocenters. The molecule has 5 nitrogen and oxygen atoms in total. The van der Waals surface area contributed by atoms with Crippen molar-refractivity contribution in [1.82, 2.24) is 14.4 Å². The second-order valence-electron chi connectivity index (χ2n) is 5.20. The van der Waals surface area contributed by atoms with Crippen molar-refractivity contribution in [3.8, 4) is 11.3 Å². The number of ether oxygens (including phenoxy) is 1. The molecule has 112 valence electrons. The lowest BCUT2D eigenvalue weighted by atomic mass is 10.2. The molecule has 3 aromatic rings. The summed E-state index contributed by atoms with van der Waals surface area (Å²) < 4.78 is 7.47. The molecule has 0 spiro atoms. The van der Waals surface area contributed by atoms with Gasteiger partial charge in [0, 0.05) is 36.1 Å². The molecule has 1 saturated heterocycles. The molecule has 6 heteroatoms. The third-order valence-corrected chi connectivity index (χ3v) is 4.08. The van der Waals surface area contributed by atoms with Gasteiger partial charge in [-0.3, -0.25) is 4.40 Å². The second-order valence-corrected chi connectivity index (χ2v) is 5.63. The van der Waals surface area contributed by atoms with E-state index in [0.717, 1.165) is 54.0 Å². The van der Waals surface area contributed by atoms with Gasteiger partial charge in [0.25, 0.3) is 0 Å². The minimum Gasteiger partial charge on any atom is -0.378 e. The van der Waals surface area contributed by atoms with Crippen molar-refractivity contribution in [1.29, 1.82) is 0 Å². The number of anilines is 1. The van der Waals surface area contributed by atoms with Crippen LogP contribution in [0.3, 0.4) is 0 Å². The van der Waals surface area contributed by atoms with Gasteiger partial charge >= 0.3 is 0 Å². The average molecular weight is 315 g/mol. The van der Waals surface area contributed by atoms with Crippen molar-refractivity contribution < 1.29 is 4.74 Å². The molecule has 0 atom stereocenters. The maximum atomic E-state index is 6.10. The Kier molecular flexibility index (Phi) is 3.44. The molecule has 0 aliphatic carbocycles. The minimum atomic E-state index is 0.718. The lowest BCUT2D eigenvalue weighted by Crippen LogP contribution is -2.37. The number of aromatic nitrogens is 3. The molecular formula is C16H15ClN4O. The topological polar surface area (TPSA) is 42.7 Å². The number of morpholine rings is 1. The molecule has 0 saturated carbocycles. The van der Waals surface area contributed by atoms with Gasteiger partial charge in [-0.15, -0.1) is 0 Å². The zero-order valence-electron chi connectivity index (χ0n) is 11.9. The Morgan fingerprint density at radius 3 is 2.82 bits per heavy atom. The molecule has 0 radical (unpaired) electrons. The number of nitrogens with zero attached hydrogens (tertiary/aromatic N) is 4. The molecule has 0 N–H and O–H groups in total. The van der Waals surface area contributed by atoms with Gasteiger partial charge in [-0.05, 0) is 12.1 Å². The molecule has 3 heterocycles. The first-order valence-corrected chi connectivity index (χ1v) is 7.61. The molecule has 1 fully saturated rings. The van der Waals surface area contributed by atoms with E-state index in [9.17, 15) is 0 Å². The van der Waals surface area contributed by atoms with Crippen LogP contribution >= 0.6 is 11.6 Å². The van der Waals surface area contributed by atoms with Crippen LogP contribution in [0.2, 0.25) is 5.02 Å². The van der Waals surface area contributed by atoms with Crippen LogP contribution in [-0.4, -0.2) is 40.7 Å². The normalized spacial score (nSPS) is 15.4. The summed E-state index contributed by atoms with van der Waals surface area (Å²) in [5.74, 6) is 0.902. The van der Waals surface area contributed by atoms with Crippen LogP contribution in [0.4, 0.5) is 5.82 Å². The third kappa shape index (κ3) is 2.32. The molecular weight excluding hydrogens is 300 g/mol. The number of hydrogen-bond donors (Lipinski definition) is 0. The SMILES string of the molecule is Clc1cccc(-c2cnc3c(N4CCOCC4)nccn23)c1. The van der Waals surface area contributed by atoms with Crippen molar-refractivity contribution in [2.75, 3.05) is 31.2 Å². The molecule has 1 aliphatic rings. The van der Waals surface area contributed by atoms with Crippen molar-refractivity contribution in [3.05, 3.63) is 47.9 Å². The summed E-state index contributed by atoms with van der Waals surface area (Å²) in [6, 6.07) is 7.79. The van der Waals surface area contributed by atoms with Gasteiger partial charge < -0.3 is 9.64 Å². The van der Waals surface area contributed by atoms with Crippen molar-refractivity contribution in [3.63, 3.8) is 0 Å². The fourth-order valence-electron chi connectivity index (χ4n) is 2.77. The average Bonchev–Trinajstić information content (AvgIpc) is 3.00. The smallest absolute Gasteiger partial charge is 0.180 e. The lowest BCUT2D eigenvalue weighted by molar-refractivity contribution is 0.122. The first kappa shape index (κ1) is 13.5. The lowest BCUT2D eigenvalue weighted by Gasteiger charge is -2.27. The fourth-order valence-corrected chi connectivity index (χ4v) is 2.96. The van der Waals surface area contributed by atoms with Gasteiger partial charge in [-0.25, -0.2) is 9.97 Å². The highest BCUT2D eigenvalue weighted by Gasteiger charge is 2.18. The zero-order chi connectivity index (χ0) is 14.9. The zero-order valence-corrected chi connectivity index (χ0v) is 12.7. The highest BCUT2D eigenvalue weighted by Crippen LogP contribution is 2.27. The fraction of sp³-hybridized carbons (Fsp3) is 0.250. The standard InChI is InChI=1S/C16H15ClN4O/c17-13-3-1-2-12(10-13)14-11-19-16-15(18-4-5-21(14)16)20-6-8-22-9-7-20/h1-5,10-11H,6-9H2. The van der Waals surface area contributed by atoms with Crippen LogP contribution in [0.1, 0.15) is 0 Å². The Hall–Kier alpha value is -2.11.